The van der Waals surface area contributed by atoms with Crippen molar-refractivity contribution in [3.05, 3.63) is 47.1 Å². The van der Waals surface area contributed by atoms with Gasteiger partial charge in [0.2, 0.25) is 0 Å². The van der Waals surface area contributed by atoms with Crippen LogP contribution in [-0.4, -0.2) is 28.6 Å². The molecule has 2 aromatic rings. The van der Waals surface area contributed by atoms with Crippen LogP contribution < -0.4 is 10.2 Å². The maximum atomic E-state index is 11.3. The Bertz CT molecular complexity index is 881. The molecule has 0 unspecified atom stereocenters. The fourth-order valence-electron chi connectivity index (χ4n) is 4.44. The van der Waals surface area contributed by atoms with Crippen LogP contribution in [0, 0.1) is 5.92 Å². The van der Waals surface area contributed by atoms with Gasteiger partial charge >= 0.3 is 5.97 Å². The number of benzene rings is 1. The van der Waals surface area contributed by atoms with Crippen molar-refractivity contribution in [3.63, 3.8) is 0 Å². The molecule has 3 rings (SSSR count). The smallest absolute Gasteiger partial charge is 0.303 e. The van der Waals surface area contributed by atoms with Crippen molar-refractivity contribution in [3.8, 4) is 0 Å². The van der Waals surface area contributed by atoms with E-state index in [4.69, 9.17) is 11.6 Å². The minimum absolute atomic E-state index is 0.0763. The standard InChI is InChI=1S/C25H34ClN3O2/c1-17(2)16-29(20-8-5-4-6-9-20)22-13-12-19(18(3)14-25(30)31)15-21(22)27-24-11-7-10-23(26)28-24/h7,10-13,15,17-18,20H,4-6,8-9,14,16H2,1-3H3,(H,27,28)(H,30,31)/t18-/m1/s1. The van der Waals surface area contributed by atoms with Crippen molar-refractivity contribution in [2.75, 3.05) is 16.8 Å². The summed E-state index contributed by atoms with van der Waals surface area (Å²) in [7, 11) is 0. The number of carboxylic acid groups (broad SMARTS) is 1. The van der Waals surface area contributed by atoms with Crippen LogP contribution in [0.15, 0.2) is 36.4 Å². The molecule has 0 saturated heterocycles. The molecule has 0 radical (unpaired) electrons. The van der Waals surface area contributed by atoms with E-state index in [0.717, 1.165) is 23.5 Å². The molecule has 1 fully saturated rings. The van der Waals surface area contributed by atoms with Gasteiger partial charge in [0.1, 0.15) is 11.0 Å². The van der Waals surface area contributed by atoms with Crippen LogP contribution in [0.5, 0.6) is 0 Å². The number of nitrogens with zero attached hydrogens (tertiary/aromatic N) is 2. The topological polar surface area (TPSA) is 65.5 Å². The molecule has 2 N–H and O–H groups in total. The number of aromatic nitrogens is 1. The maximum absolute atomic E-state index is 11.3. The zero-order chi connectivity index (χ0) is 22.4. The number of halogens is 1. The second-order valence-corrected chi connectivity index (χ2v) is 9.47. The van der Waals surface area contributed by atoms with Gasteiger partial charge in [-0.1, -0.05) is 63.8 Å². The lowest BCUT2D eigenvalue weighted by atomic mass is 9.92. The van der Waals surface area contributed by atoms with E-state index in [9.17, 15) is 9.90 Å². The zero-order valence-corrected chi connectivity index (χ0v) is 19.5. The Labute approximate surface area is 190 Å². The van der Waals surface area contributed by atoms with Gasteiger partial charge in [0.15, 0.2) is 0 Å². The molecule has 6 heteroatoms. The summed E-state index contributed by atoms with van der Waals surface area (Å²) >= 11 is 6.12. The Morgan fingerprint density at radius 2 is 1.94 bits per heavy atom. The Morgan fingerprint density at radius 3 is 2.58 bits per heavy atom. The molecule has 1 aliphatic rings. The van der Waals surface area contributed by atoms with Gasteiger partial charge in [-0.25, -0.2) is 4.98 Å². The normalized spacial score (nSPS) is 15.6. The number of hydrogen-bond donors (Lipinski definition) is 2. The summed E-state index contributed by atoms with van der Waals surface area (Å²) in [5, 5.41) is 13.2. The Hall–Kier alpha value is -2.27. The third-order valence-electron chi connectivity index (χ3n) is 5.94. The highest BCUT2D eigenvalue weighted by molar-refractivity contribution is 6.29. The zero-order valence-electron chi connectivity index (χ0n) is 18.8. The highest BCUT2D eigenvalue weighted by atomic mass is 35.5. The van der Waals surface area contributed by atoms with Crippen LogP contribution in [0.25, 0.3) is 0 Å². The number of aliphatic carboxylic acids is 1. The highest BCUT2D eigenvalue weighted by Gasteiger charge is 2.25. The van der Waals surface area contributed by atoms with Crippen molar-refractivity contribution >= 4 is 34.8 Å². The van der Waals surface area contributed by atoms with Gasteiger partial charge in [-0.05, 0) is 54.5 Å². The summed E-state index contributed by atoms with van der Waals surface area (Å²) in [6, 6.07) is 12.4. The van der Waals surface area contributed by atoms with E-state index in [1.165, 1.54) is 32.1 Å². The third-order valence-corrected chi connectivity index (χ3v) is 6.15. The summed E-state index contributed by atoms with van der Waals surface area (Å²) < 4.78 is 0. The third kappa shape index (κ3) is 6.60. The van der Waals surface area contributed by atoms with E-state index < -0.39 is 5.97 Å². The lowest BCUT2D eigenvalue weighted by Gasteiger charge is -2.38. The van der Waals surface area contributed by atoms with E-state index in [0.29, 0.717) is 22.9 Å². The van der Waals surface area contributed by atoms with Crippen molar-refractivity contribution < 1.29 is 9.90 Å². The van der Waals surface area contributed by atoms with E-state index in [2.05, 4.69) is 47.2 Å². The molecular weight excluding hydrogens is 410 g/mol. The lowest BCUT2D eigenvalue weighted by Crippen LogP contribution is -2.39. The van der Waals surface area contributed by atoms with Gasteiger partial charge < -0.3 is 15.3 Å². The van der Waals surface area contributed by atoms with Gasteiger partial charge in [-0.15, -0.1) is 0 Å². The van der Waals surface area contributed by atoms with Crippen LogP contribution in [0.3, 0.4) is 0 Å². The van der Waals surface area contributed by atoms with E-state index in [1.807, 2.05) is 19.1 Å². The number of carbonyl (C=O) groups is 1. The van der Waals surface area contributed by atoms with Gasteiger partial charge in [-0.3, -0.25) is 4.79 Å². The van der Waals surface area contributed by atoms with Crippen molar-refractivity contribution in [2.45, 2.75) is 71.3 Å². The number of rotatable bonds is 9. The fraction of sp³-hybridized carbons (Fsp3) is 0.520. The molecule has 0 aliphatic heterocycles. The van der Waals surface area contributed by atoms with Gasteiger partial charge in [0, 0.05) is 12.6 Å². The monoisotopic (exact) mass is 443 g/mol. The van der Waals surface area contributed by atoms with Gasteiger partial charge in [0.05, 0.1) is 17.8 Å². The molecule has 0 bridgehead atoms. The summed E-state index contributed by atoms with van der Waals surface area (Å²) in [5.41, 5.74) is 3.10. The van der Waals surface area contributed by atoms with Gasteiger partial charge in [0.25, 0.3) is 0 Å². The van der Waals surface area contributed by atoms with Crippen LogP contribution in [0.1, 0.15) is 70.8 Å². The first-order valence-electron chi connectivity index (χ1n) is 11.4. The fourth-order valence-corrected chi connectivity index (χ4v) is 4.60. The quantitative estimate of drug-likeness (QED) is 0.415. The van der Waals surface area contributed by atoms with Gasteiger partial charge in [-0.2, -0.15) is 0 Å². The Balaban J connectivity index is 2.01. The maximum Gasteiger partial charge on any atom is 0.303 e. The molecule has 1 aliphatic carbocycles. The summed E-state index contributed by atoms with van der Waals surface area (Å²) in [5.74, 6) is 0.355. The molecule has 1 aromatic carbocycles. The molecule has 5 nitrogen and oxygen atoms in total. The summed E-state index contributed by atoms with van der Waals surface area (Å²) in [6.45, 7) is 7.44. The predicted octanol–water partition coefficient (Wildman–Crippen LogP) is 6.85. The van der Waals surface area contributed by atoms with E-state index in [-0.39, 0.29) is 12.3 Å². The molecular formula is C25H34ClN3O2. The minimum atomic E-state index is -0.786. The van der Waals surface area contributed by atoms with Crippen LogP contribution in [0.4, 0.5) is 17.2 Å². The first kappa shape index (κ1) is 23.4. The lowest BCUT2D eigenvalue weighted by molar-refractivity contribution is -0.137. The largest absolute Gasteiger partial charge is 0.481 e. The molecule has 168 valence electrons. The SMILES string of the molecule is CC(C)CN(c1ccc([C@H](C)CC(=O)O)cc1Nc1cccc(Cl)n1)C1CCCCC1. The summed E-state index contributed by atoms with van der Waals surface area (Å²) in [6.07, 6.45) is 6.37. The number of nitrogens with one attached hydrogen (secondary N) is 1. The molecule has 1 heterocycles. The van der Waals surface area contributed by atoms with Crippen LogP contribution in [-0.2, 0) is 4.79 Å². The molecule has 1 aromatic heterocycles. The van der Waals surface area contributed by atoms with E-state index >= 15 is 0 Å². The first-order chi connectivity index (χ1) is 14.8. The average molecular weight is 444 g/mol. The van der Waals surface area contributed by atoms with Crippen molar-refractivity contribution in [1.82, 2.24) is 4.98 Å². The molecule has 0 amide bonds. The molecule has 1 atom stereocenters. The number of pyridine rings is 1. The predicted molar refractivity (Wildman–Crippen MR) is 129 cm³/mol. The first-order valence-corrected chi connectivity index (χ1v) is 11.7. The number of carboxylic acids is 1. The molecule has 1 saturated carbocycles. The average Bonchev–Trinajstić information content (AvgIpc) is 2.72. The number of hydrogen-bond acceptors (Lipinski definition) is 4. The number of anilines is 3. The van der Waals surface area contributed by atoms with Crippen LogP contribution >= 0.6 is 11.6 Å². The Kier molecular flexibility index (Phi) is 8.19. The Morgan fingerprint density at radius 1 is 1.19 bits per heavy atom. The molecule has 31 heavy (non-hydrogen) atoms. The second kappa shape index (κ2) is 10.9. The molecule has 0 spiro atoms. The highest BCUT2D eigenvalue weighted by Crippen LogP contribution is 2.37. The van der Waals surface area contributed by atoms with E-state index in [1.54, 1.807) is 6.07 Å². The van der Waals surface area contributed by atoms with Crippen LogP contribution in [0.2, 0.25) is 5.15 Å². The minimum Gasteiger partial charge on any atom is -0.481 e. The second-order valence-electron chi connectivity index (χ2n) is 9.08. The van der Waals surface area contributed by atoms with Crippen molar-refractivity contribution in [2.24, 2.45) is 5.92 Å². The van der Waals surface area contributed by atoms with Crippen molar-refractivity contribution in [1.29, 1.82) is 0 Å². The summed E-state index contributed by atoms with van der Waals surface area (Å²) in [4.78, 5) is 18.2.